The van der Waals surface area contributed by atoms with E-state index in [2.05, 4.69) is 54.3 Å². The summed E-state index contributed by atoms with van der Waals surface area (Å²) in [6.45, 7) is 6.45. The van der Waals surface area contributed by atoms with Crippen molar-refractivity contribution in [2.75, 3.05) is 50.1 Å². The highest BCUT2D eigenvalue weighted by Crippen LogP contribution is 2.32. The molecular formula is C17H24N4. The van der Waals surface area contributed by atoms with Gasteiger partial charge in [-0.15, -0.1) is 0 Å². The number of hydrogen-bond donors (Lipinski definition) is 1. The molecule has 21 heavy (non-hydrogen) atoms. The minimum Gasteiger partial charge on any atom is -0.368 e. The topological polar surface area (TPSA) is 31.4 Å². The zero-order chi connectivity index (χ0) is 14.8. The first-order valence-corrected chi connectivity index (χ1v) is 7.69. The van der Waals surface area contributed by atoms with Crippen molar-refractivity contribution in [2.45, 2.75) is 13.3 Å². The lowest BCUT2D eigenvalue weighted by Gasteiger charge is -2.25. The Balaban J connectivity index is 2.14. The van der Waals surface area contributed by atoms with Crippen LogP contribution in [0.25, 0.3) is 10.8 Å². The van der Waals surface area contributed by atoms with Crippen LogP contribution in [0.2, 0.25) is 0 Å². The van der Waals surface area contributed by atoms with E-state index < -0.39 is 0 Å². The summed E-state index contributed by atoms with van der Waals surface area (Å²) in [4.78, 5) is 9.26. The molecule has 0 bridgehead atoms. The molecule has 112 valence electrons. The van der Waals surface area contributed by atoms with Crippen molar-refractivity contribution < 1.29 is 0 Å². The highest BCUT2D eigenvalue weighted by Gasteiger charge is 2.15. The first-order valence-electron chi connectivity index (χ1n) is 7.69. The van der Waals surface area contributed by atoms with Crippen LogP contribution in [-0.2, 0) is 0 Å². The van der Waals surface area contributed by atoms with Gasteiger partial charge in [-0.3, -0.25) is 0 Å². The summed E-state index contributed by atoms with van der Waals surface area (Å²) in [6, 6.07) is 6.66. The molecule has 0 aliphatic carbocycles. The van der Waals surface area contributed by atoms with Crippen LogP contribution in [-0.4, -0.2) is 45.3 Å². The van der Waals surface area contributed by atoms with Gasteiger partial charge in [0, 0.05) is 44.5 Å². The van der Waals surface area contributed by atoms with Crippen molar-refractivity contribution in [1.29, 1.82) is 0 Å². The molecule has 0 unspecified atom stereocenters. The van der Waals surface area contributed by atoms with Crippen LogP contribution < -0.4 is 15.1 Å². The monoisotopic (exact) mass is 284 g/mol. The third-order valence-corrected chi connectivity index (χ3v) is 4.11. The van der Waals surface area contributed by atoms with Crippen molar-refractivity contribution in [3.63, 3.8) is 0 Å². The number of aromatic nitrogens is 1. The fourth-order valence-corrected chi connectivity index (χ4v) is 3.02. The lowest BCUT2D eigenvalue weighted by molar-refractivity contribution is 0.724. The normalized spacial score (nSPS) is 16.0. The average molecular weight is 284 g/mol. The minimum atomic E-state index is 1.04. The van der Waals surface area contributed by atoms with Crippen LogP contribution in [0.3, 0.4) is 0 Å². The Kier molecular flexibility index (Phi) is 3.97. The summed E-state index contributed by atoms with van der Waals surface area (Å²) in [5.74, 6) is 1.04. The van der Waals surface area contributed by atoms with E-state index >= 15 is 0 Å². The van der Waals surface area contributed by atoms with Gasteiger partial charge in [0.15, 0.2) is 0 Å². The molecule has 1 saturated heterocycles. The molecule has 0 radical (unpaired) electrons. The summed E-state index contributed by atoms with van der Waals surface area (Å²) >= 11 is 0. The maximum absolute atomic E-state index is 4.71. The van der Waals surface area contributed by atoms with Crippen LogP contribution in [0, 0.1) is 6.92 Å². The Morgan fingerprint density at radius 3 is 2.81 bits per heavy atom. The van der Waals surface area contributed by atoms with Crippen LogP contribution in [0.4, 0.5) is 11.5 Å². The third-order valence-electron chi connectivity index (χ3n) is 4.11. The molecule has 1 aliphatic rings. The zero-order valence-electron chi connectivity index (χ0n) is 13.2. The number of anilines is 2. The number of pyridine rings is 1. The molecule has 4 heteroatoms. The first-order chi connectivity index (χ1) is 10.2. The van der Waals surface area contributed by atoms with E-state index in [0.717, 1.165) is 32.0 Å². The van der Waals surface area contributed by atoms with E-state index in [1.165, 1.54) is 28.4 Å². The van der Waals surface area contributed by atoms with Crippen LogP contribution in [0.1, 0.15) is 12.0 Å². The molecule has 0 amide bonds. The summed E-state index contributed by atoms with van der Waals surface area (Å²) < 4.78 is 0. The molecule has 2 heterocycles. The van der Waals surface area contributed by atoms with E-state index in [1.807, 2.05) is 6.20 Å². The van der Waals surface area contributed by atoms with Crippen molar-refractivity contribution in [3.05, 3.63) is 30.0 Å². The summed E-state index contributed by atoms with van der Waals surface area (Å²) in [6.07, 6.45) is 3.23. The quantitative estimate of drug-likeness (QED) is 0.917. The van der Waals surface area contributed by atoms with E-state index in [0.29, 0.717) is 0 Å². The van der Waals surface area contributed by atoms with Gasteiger partial charge < -0.3 is 15.1 Å². The van der Waals surface area contributed by atoms with E-state index in [-0.39, 0.29) is 0 Å². The van der Waals surface area contributed by atoms with E-state index in [9.17, 15) is 0 Å². The third kappa shape index (κ3) is 2.81. The Morgan fingerprint density at radius 1 is 1.14 bits per heavy atom. The van der Waals surface area contributed by atoms with Crippen LogP contribution in [0.5, 0.6) is 0 Å². The number of nitrogens with one attached hydrogen (secondary N) is 1. The van der Waals surface area contributed by atoms with Gasteiger partial charge in [-0.05, 0) is 26.0 Å². The molecule has 3 rings (SSSR count). The predicted octanol–water partition coefficient (Wildman–Crippen LogP) is 2.41. The van der Waals surface area contributed by atoms with Crippen LogP contribution >= 0.6 is 0 Å². The second kappa shape index (κ2) is 5.90. The fraction of sp³-hybridized carbons (Fsp3) is 0.471. The van der Waals surface area contributed by atoms with Gasteiger partial charge in [0.1, 0.15) is 5.82 Å². The molecular weight excluding hydrogens is 260 g/mol. The van der Waals surface area contributed by atoms with Crippen LogP contribution in [0.15, 0.2) is 24.4 Å². The molecule has 0 atom stereocenters. The van der Waals surface area contributed by atoms with E-state index in [1.54, 1.807) is 0 Å². The molecule has 1 N–H and O–H groups in total. The largest absolute Gasteiger partial charge is 0.368 e. The molecule has 2 aromatic rings. The van der Waals surface area contributed by atoms with Gasteiger partial charge >= 0.3 is 0 Å². The molecule has 1 aromatic carbocycles. The molecule has 1 aliphatic heterocycles. The Labute approximate surface area is 126 Å². The predicted molar refractivity (Wildman–Crippen MR) is 90.5 cm³/mol. The van der Waals surface area contributed by atoms with Crippen molar-refractivity contribution in [2.24, 2.45) is 0 Å². The lowest BCUT2D eigenvalue weighted by atomic mass is 10.1. The number of benzene rings is 1. The lowest BCUT2D eigenvalue weighted by Crippen LogP contribution is -2.28. The second-order valence-corrected chi connectivity index (χ2v) is 6.00. The molecule has 1 fully saturated rings. The highest BCUT2D eigenvalue weighted by atomic mass is 15.2. The first kappa shape index (κ1) is 14.1. The molecule has 4 nitrogen and oxygen atoms in total. The number of hydrogen-bond acceptors (Lipinski definition) is 4. The number of fused-ring (bicyclic) bond motifs is 1. The number of nitrogens with zero attached hydrogens (tertiary/aromatic N) is 3. The minimum absolute atomic E-state index is 1.04. The van der Waals surface area contributed by atoms with Crippen molar-refractivity contribution in [1.82, 2.24) is 10.3 Å². The average Bonchev–Trinajstić information content (AvgIpc) is 2.74. The summed E-state index contributed by atoms with van der Waals surface area (Å²) in [7, 11) is 4.11. The van der Waals surface area contributed by atoms with E-state index in [4.69, 9.17) is 4.98 Å². The van der Waals surface area contributed by atoms with Gasteiger partial charge in [-0.25, -0.2) is 4.98 Å². The van der Waals surface area contributed by atoms with Crippen molar-refractivity contribution >= 4 is 22.3 Å². The summed E-state index contributed by atoms with van der Waals surface area (Å²) in [5, 5.41) is 6.02. The SMILES string of the molecule is Cc1ccc2c(N(C)C)ncc(N3CCCNCC3)c2c1. The smallest absolute Gasteiger partial charge is 0.136 e. The Morgan fingerprint density at radius 2 is 2.00 bits per heavy atom. The maximum atomic E-state index is 4.71. The fourth-order valence-electron chi connectivity index (χ4n) is 3.02. The van der Waals surface area contributed by atoms with Crippen molar-refractivity contribution in [3.8, 4) is 0 Å². The zero-order valence-corrected chi connectivity index (χ0v) is 13.2. The van der Waals surface area contributed by atoms with Gasteiger partial charge in [-0.1, -0.05) is 17.7 Å². The number of rotatable bonds is 2. The van der Waals surface area contributed by atoms with Gasteiger partial charge in [0.05, 0.1) is 11.9 Å². The molecule has 0 spiro atoms. The standard InChI is InChI=1S/C17H24N4/c1-13-5-6-14-15(11-13)16(12-19-17(14)20(2)3)21-9-4-7-18-8-10-21/h5-6,11-12,18H,4,7-10H2,1-3H3. The maximum Gasteiger partial charge on any atom is 0.136 e. The molecule has 0 saturated carbocycles. The van der Waals surface area contributed by atoms with Gasteiger partial charge in [-0.2, -0.15) is 0 Å². The van der Waals surface area contributed by atoms with Gasteiger partial charge in [0.25, 0.3) is 0 Å². The molecule has 1 aromatic heterocycles. The van der Waals surface area contributed by atoms with Gasteiger partial charge in [0.2, 0.25) is 0 Å². The Hall–Kier alpha value is -1.81. The summed E-state index contributed by atoms with van der Waals surface area (Å²) in [5.41, 5.74) is 2.57. The number of aryl methyl sites for hydroxylation is 1. The highest BCUT2D eigenvalue weighted by molar-refractivity contribution is 6.00. The second-order valence-electron chi connectivity index (χ2n) is 6.00. The Bertz CT molecular complexity index is 628.